The molecule has 21 heavy (non-hydrogen) atoms. The Bertz CT molecular complexity index is 566. The molecule has 1 aliphatic heterocycles. The number of ether oxygens (including phenoxy) is 1. The lowest BCUT2D eigenvalue weighted by Gasteiger charge is -2.34. The largest absolute Gasteiger partial charge is 0.373 e. The maximum Gasteiger partial charge on any atom is 0.288 e. The summed E-state index contributed by atoms with van der Waals surface area (Å²) in [6, 6.07) is 0.910. The van der Waals surface area contributed by atoms with E-state index in [1.54, 1.807) is 6.92 Å². The van der Waals surface area contributed by atoms with Crippen molar-refractivity contribution in [3.05, 3.63) is 33.1 Å². The Hall–Kier alpha value is -1.77. The van der Waals surface area contributed by atoms with Crippen LogP contribution in [0.4, 0.5) is 5.69 Å². The number of nitro groups is 1. The van der Waals surface area contributed by atoms with Gasteiger partial charge in [-0.25, -0.2) is 4.98 Å². The molecular formula is C12H15ClN4O4. The Morgan fingerprint density at radius 3 is 3.05 bits per heavy atom. The molecule has 8 nitrogen and oxygen atoms in total. The first-order valence-electron chi connectivity index (χ1n) is 6.36. The van der Waals surface area contributed by atoms with E-state index in [9.17, 15) is 14.9 Å². The predicted molar refractivity (Wildman–Crippen MR) is 75.2 cm³/mol. The average Bonchev–Trinajstić information content (AvgIpc) is 2.47. The second-order valence-corrected chi connectivity index (χ2v) is 5.17. The second kappa shape index (κ2) is 6.33. The van der Waals surface area contributed by atoms with Crippen molar-refractivity contribution < 1.29 is 14.5 Å². The molecule has 2 rings (SSSR count). The van der Waals surface area contributed by atoms with Gasteiger partial charge in [0.25, 0.3) is 11.6 Å². The van der Waals surface area contributed by atoms with E-state index < -0.39 is 10.8 Å². The zero-order valence-corrected chi connectivity index (χ0v) is 12.1. The van der Waals surface area contributed by atoms with Crippen LogP contribution in [-0.2, 0) is 4.74 Å². The standard InChI is InChI=1S/C12H15ClN4O4/c1-7(14)10-6-16(2-3-21-10)12(18)9-4-8(17(19)20)5-15-11(9)13/h4-5,7,10H,2-3,6,14H2,1H3. The number of amides is 1. The van der Waals surface area contributed by atoms with Gasteiger partial charge in [-0.3, -0.25) is 14.9 Å². The summed E-state index contributed by atoms with van der Waals surface area (Å²) in [6.07, 6.45) is 0.747. The molecule has 1 fully saturated rings. The SMILES string of the molecule is CC(N)C1CN(C(=O)c2cc([N+](=O)[O-])cnc2Cl)CCO1. The summed E-state index contributed by atoms with van der Waals surface area (Å²) in [5, 5.41) is 10.7. The predicted octanol–water partition coefficient (Wildman–Crippen LogP) is 0.831. The minimum Gasteiger partial charge on any atom is -0.373 e. The van der Waals surface area contributed by atoms with E-state index in [-0.39, 0.29) is 28.5 Å². The highest BCUT2D eigenvalue weighted by Crippen LogP contribution is 2.22. The Labute approximate surface area is 126 Å². The fourth-order valence-electron chi connectivity index (χ4n) is 2.04. The maximum atomic E-state index is 12.4. The number of rotatable bonds is 3. The molecule has 2 unspecified atom stereocenters. The van der Waals surface area contributed by atoms with Crippen LogP contribution in [0.25, 0.3) is 0 Å². The van der Waals surface area contributed by atoms with Crippen molar-refractivity contribution in [2.75, 3.05) is 19.7 Å². The van der Waals surface area contributed by atoms with Crippen molar-refractivity contribution in [3.63, 3.8) is 0 Å². The zero-order valence-electron chi connectivity index (χ0n) is 11.4. The Kier molecular flexibility index (Phi) is 4.71. The van der Waals surface area contributed by atoms with Gasteiger partial charge in [-0.2, -0.15) is 0 Å². The first-order chi connectivity index (χ1) is 9.90. The second-order valence-electron chi connectivity index (χ2n) is 4.81. The summed E-state index contributed by atoms with van der Waals surface area (Å²) < 4.78 is 5.47. The number of aromatic nitrogens is 1. The molecule has 114 valence electrons. The molecular weight excluding hydrogens is 300 g/mol. The number of carbonyl (C=O) groups excluding carboxylic acids is 1. The summed E-state index contributed by atoms with van der Waals surface area (Å²) in [6.45, 7) is 2.84. The molecule has 1 amide bonds. The molecule has 0 spiro atoms. The maximum absolute atomic E-state index is 12.4. The van der Waals surface area contributed by atoms with E-state index in [0.717, 1.165) is 12.3 Å². The van der Waals surface area contributed by atoms with Crippen LogP contribution in [0.15, 0.2) is 12.3 Å². The van der Waals surface area contributed by atoms with Gasteiger partial charge in [0, 0.05) is 25.2 Å². The number of hydrogen-bond acceptors (Lipinski definition) is 6. The lowest BCUT2D eigenvalue weighted by Crippen LogP contribution is -2.51. The molecule has 0 saturated carbocycles. The number of hydrogen-bond donors (Lipinski definition) is 1. The molecule has 1 aromatic heterocycles. The molecule has 0 bridgehead atoms. The molecule has 2 atom stereocenters. The highest BCUT2D eigenvalue weighted by atomic mass is 35.5. The number of nitrogens with two attached hydrogens (primary N) is 1. The third kappa shape index (κ3) is 3.46. The lowest BCUT2D eigenvalue weighted by molar-refractivity contribution is -0.385. The quantitative estimate of drug-likeness (QED) is 0.502. The van der Waals surface area contributed by atoms with Crippen LogP contribution in [0.2, 0.25) is 5.15 Å². The smallest absolute Gasteiger partial charge is 0.288 e. The summed E-state index contributed by atoms with van der Waals surface area (Å²) in [5.74, 6) is -0.412. The molecule has 0 aromatic carbocycles. The molecule has 1 aliphatic rings. The molecule has 1 saturated heterocycles. The van der Waals surface area contributed by atoms with Gasteiger partial charge in [0.1, 0.15) is 11.3 Å². The Morgan fingerprint density at radius 1 is 1.71 bits per heavy atom. The van der Waals surface area contributed by atoms with E-state index in [4.69, 9.17) is 22.1 Å². The normalized spacial score (nSPS) is 20.1. The highest BCUT2D eigenvalue weighted by Gasteiger charge is 2.29. The first-order valence-corrected chi connectivity index (χ1v) is 6.74. The van der Waals surface area contributed by atoms with Crippen molar-refractivity contribution in [1.29, 1.82) is 0 Å². The van der Waals surface area contributed by atoms with Gasteiger partial charge in [0.15, 0.2) is 0 Å². The van der Waals surface area contributed by atoms with Gasteiger partial charge in [-0.05, 0) is 6.92 Å². The van der Waals surface area contributed by atoms with Crippen LogP contribution >= 0.6 is 11.6 Å². The van der Waals surface area contributed by atoms with Crippen molar-refractivity contribution in [2.24, 2.45) is 5.73 Å². The van der Waals surface area contributed by atoms with Gasteiger partial charge >= 0.3 is 0 Å². The Morgan fingerprint density at radius 2 is 2.43 bits per heavy atom. The molecule has 2 heterocycles. The number of morpholine rings is 1. The molecule has 2 N–H and O–H groups in total. The van der Waals surface area contributed by atoms with Crippen molar-refractivity contribution in [2.45, 2.75) is 19.1 Å². The van der Waals surface area contributed by atoms with E-state index in [1.165, 1.54) is 4.90 Å². The summed E-state index contributed by atoms with van der Waals surface area (Å²) in [5.41, 5.74) is 5.50. The van der Waals surface area contributed by atoms with Crippen LogP contribution < -0.4 is 5.73 Å². The van der Waals surface area contributed by atoms with Gasteiger partial charge in [0.2, 0.25) is 0 Å². The minimum atomic E-state index is -0.621. The molecule has 0 radical (unpaired) electrons. The first kappa shape index (κ1) is 15.6. The van der Waals surface area contributed by atoms with Crippen LogP contribution in [-0.4, -0.2) is 52.6 Å². The van der Waals surface area contributed by atoms with Crippen LogP contribution in [0.3, 0.4) is 0 Å². The molecule has 9 heteroatoms. The summed E-state index contributed by atoms with van der Waals surface area (Å²) >= 11 is 5.88. The Balaban J connectivity index is 2.23. The van der Waals surface area contributed by atoms with E-state index in [0.29, 0.717) is 19.7 Å². The number of nitrogens with zero attached hydrogens (tertiary/aromatic N) is 3. The van der Waals surface area contributed by atoms with Crippen LogP contribution in [0.5, 0.6) is 0 Å². The summed E-state index contributed by atoms with van der Waals surface area (Å²) in [4.78, 5) is 27.8. The van der Waals surface area contributed by atoms with Crippen LogP contribution in [0, 0.1) is 10.1 Å². The van der Waals surface area contributed by atoms with Gasteiger partial charge < -0.3 is 15.4 Å². The van der Waals surface area contributed by atoms with E-state index >= 15 is 0 Å². The fourth-order valence-corrected chi connectivity index (χ4v) is 2.22. The molecule has 1 aromatic rings. The van der Waals surface area contributed by atoms with E-state index in [1.807, 2.05) is 0 Å². The van der Waals surface area contributed by atoms with Crippen molar-refractivity contribution >= 4 is 23.2 Å². The summed E-state index contributed by atoms with van der Waals surface area (Å²) in [7, 11) is 0. The topological polar surface area (TPSA) is 112 Å². The van der Waals surface area contributed by atoms with Gasteiger partial charge in [-0.1, -0.05) is 11.6 Å². The minimum absolute atomic E-state index is 0.0104. The third-order valence-electron chi connectivity index (χ3n) is 3.23. The average molecular weight is 315 g/mol. The molecule has 0 aliphatic carbocycles. The van der Waals surface area contributed by atoms with Crippen LogP contribution in [0.1, 0.15) is 17.3 Å². The fraction of sp³-hybridized carbons (Fsp3) is 0.500. The van der Waals surface area contributed by atoms with Gasteiger partial charge in [-0.15, -0.1) is 0 Å². The zero-order chi connectivity index (χ0) is 15.6. The number of pyridine rings is 1. The third-order valence-corrected chi connectivity index (χ3v) is 3.53. The van der Waals surface area contributed by atoms with Crippen molar-refractivity contribution in [1.82, 2.24) is 9.88 Å². The monoisotopic (exact) mass is 314 g/mol. The highest BCUT2D eigenvalue weighted by molar-refractivity contribution is 6.32. The lowest BCUT2D eigenvalue weighted by atomic mass is 10.1. The number of halogens is 1. The number of carbonyl (C=O) groups is 1. The van der Waals surface area contributed by atoms with Gasteiger partial charge in [0.05, 0.1) is 23.2 Å². The van der Waals surface area contributed by atoms with Crippen molar-refractivity contribution in [3.8, 4) is 0 Å². The van der Waals surface area contributed by atoms with E-state index in [2.05, 4.69) is 4.98 Å².